The van der Waals surface area contributed by atoms with Gasteiger partial charge >= 0.3 is 0 Å². The number of H-pyrrole nitrogens is 1. The number of nitrogens with one attached hydrogen (secondary N) is 2. The minimum atomic E-state index is -0.131. The molecule has 0 aliphatic carbocycles. The Labute approximate surface area is 90.2 Å². The van der Waals surface area contributed by atoms with Crippen molar-refractivity contribution in [2.45, 2.75) is 6.92 Å². The Morgan fingerprint density at radius 3 is 2.80 bits per heavy atom. The van der Waals surface area contributed by atoms with Crippen LogP contribution in [0.5, 0.6) is 0 Å². The molecule has 0 saturated heterocycles. The lowest BCUT2D eigenvalue weighted by molar-refractivity contribution is 1.08. The number of rotatable bonds is 2. The summed E-state index contributed by atoms with van der Waals surface area (Å²) in [7, 11) is 1.77. The lowest BCUT2D eigenvalue weighted by Crippen LogP contribution is -2.09. The molecular formula is C9H10N4OS. The van der Waals surface area contributed by atoms with Crippen molar-refractivity contribution in [2.75, 3.05) is 12.4 Å². The number of aromatic nitrogens is 3. The third-order valence-electron chi connectivity index (χ3n) is 1.92. The van der Waals surface area contributed by atoms with Crippen LogP contribution in [-0.4, -0.2) is 22.2 Å². The van der Waals surface area contributed by atoms with Crippen molar-refractivity contribution in [3.05, 3.63) is 28.2 Å². The first kappa shape index (κ1) is 9.85. The minimum absolute atomic E-state index is 0.131. The van der Waals surface area contributed by atoms with Crippen molar-refractivity contribution in [3.8, 4) is 10.6 Å². The van der Waals surface area contributed by atoms with E-state index in [1.54, 1.807) is 13.1 Å². The van der Waals surface area contributed by atoms with Crippen LogP contribution in [0, 0.1) is 6.92 Å². The molecule has 5 nitrogen and oxygen atoms in total. The number of pyridine rings is 1. The second-order valence-corrected chi connectivity index (χ2v) is 4.02. The van der Waals surface area contributed by atoms with Gasteiger partial charge in [-0.1, -0.05) is 11.3 Å². The first-order valence-corrected chi connectivity index (χ1v) is 5.24. The van der Waals surface area contributed by atoms with Gasteiger partial charge < -0.3 is 10.3 Å². The maximum absolute atomic E-state index is 11.6. The van der Waals surface area contributed by atoms with E-state index in [9.17, 15) is 4.79 Å². The summed E-state index contributed by atoms with van der Waals surface area (Å²) in [5.41, 5.74) is 1.26. The summed E-state index contributed by atoms with van der Waals surface area (Å²) < 4.78 is 0. The first-order valence-electron chi connectivity index (χ1n) is 4.42. The van der Waals surface area contributed by atoms with Crippen molar-refractivity contribution in [1.82, 2.24) is 15.2 Å². The van der Waals surface area contributed by atoms with Gasteiger partial charge in [-0.25, -0.2) is 0 Å². The van der Waals surface area contributed by atoms with E-state index in [1.165, 1.54) is 11.3 Å². The molecule has 2 heterocycles. The van der Waals surface area contributed by atoms with Gasteiger partial charge in [0.05, 0.1) is 5.56 Å². The van der Waals surface area contributed by atoms with Crippen LogP contribution in [0.15, 0.2) is 16.9 Å². The Morgan fingerprint density at radius 1 is 1.40 bits per heavy atom. The number of aromatic amines is 1. The quantitative estimate of drug-likeness (QED) is 0.802. The number of hydrogen-bond acceptors (Lipinski definition) is 5. The Morgan fingerprint density at radius 2 is 2.20 bits per heavy atom. The highest BCUT2D eigenvalue weighted by molar-refractivity contribution is 7.18. The largest absolute Gasteiger partial charge is 0.363 e. The third-order valence-corrected chi connectivity index (χ3v) is 2.90. The van der Waals surface area contributed by atoms with Crippen molar-refractivity contribution in [2.24, 2.45) is 0 Å². The highest BCUT2D eigenvalue weighted by Crippen LogP contribution is 2.22. The lowest BCUT2D eigenvalue weighted by atomic mass is 10.2. The number of nitrogens with zero attached hydrogens (tertiary/aromatic N) is 2. The van der Waals surface area contributed by atoms with Crippen LogP contribution in [-0.2, 0) is 0 Å². The van der Waals surface area contributed by atoms with E-state index in [0.29, 0.717) is 15.7 Å². The molecule has 0 amide bonds. The summed E-state index contributed by atoms with van der Waals surface area (Å²) in [6.45, 7) is 1.84. The summed E-state index contributed by atoms with van der Waals surface area (Å²) in [4.78, 5) is 14.3. The van der Waals surface area contributed by atoms with Crippen LogP contribution in [0.1, 0.15) is 5.69 Å². The predicted octanol–water partition coefficient (Wildman–Crippen LogP) is 1.24. The number of hydrogen-bond donors (Lipinski definition) is 2. The summed E-state index contributed by atoms with van der Waals surface area (Å²) in [5.74, 6) is 0. The molecule has 2 rings (SSSR count). The standard InChI is InChI=1S/C9H10N4OS/c1-5-3-4-6(7(14)11-5)8-12-13-9(10-2)15-8/h3-4H,1-2H3,(H,10,13)(H,11,14). The molecule has 78 valence electrons. The van der Waals surface area contributed by atoms with Crippen LogP contribution >= 0.6 is 11.3 Å². The summed E-state index contributed by atoms with van der Waals surface area (Å²) >= 11 is 1.35. The second-order valence-electron chi connectivity index (χ2n) is 3.05. The zero-order chi connectivity index (χ0) is 10.8. The van der Waals surface area contributed by atoms with E-state index >= 15 is 0 Å². The van der Waals surface area contributed by atoms with E-state index in [1.807, 2.05) is 13.0 Å². The molecule has 0 atom stereocenters. The summed E-state index contributed by atoms with van der Waals surface area (Å²) in [6.07, 6.45) is 0. The van der Waals surface area contributed by atoms with Crippen LogP contribution < -0.4 is 10.9 Å². The summed E-state index contributed by atoms with van der Waals surface area (Å²) in [6, 6.07) is 3.60. The number of aryl methyl sites for hydroxylation is 1. The van der Waals surface area contributed by atoms with E-state index in [2.05, 4.69) is 20.5 Å². The highest BCUT2D eigenvalue weighted by Gasteiger charge is 2.08. The highest BCUT2D eigenvalue weighted by atomic mass is 32.1. The first-order chi connectivity index (χ1) is 7.20. The van der Waals surface area contributed by atoms with Crippen LogP contribution in [0.25, 0.3) is 10.6 Å². The van der Waals surface area contributed by atoms with Crippen molar-refractivity contribution < 1.29 is 0 Å². The van der Waals surface area contributed by atoms with E-state index < -0.39 is 0 Å². The van der Waals surface area contributed by atoms with Crippen molar-refractivity contribution in [1.29, 1.82) is 0 Å². The molecular weight excluding hydrogens is 212 g/mol. The van der Waals surface area contributed by atoms with E-state index in [-0.39, 0.29) is 5.56 Å². The topological polar surface area (TPSA) is 70.7 Å². The molecule has 2 aromatic rings. The molecule has 0 spiro atoms. The minimum Gasteiger partial charge on any atom is -0.363 e. The monoisotopic (exact) mass is 222 g/mol. The molecule has 0 radical (unpaired) electrons. The van der Waals surface area contributed by atoms with Crippen molar-refractivity contribution >= 4 is 16.5 Å². The van der Waals surface area contributed by atoms with Gasteiger partial charge in [0.25, 0.3) is 5.56 Å². The van der Waals surface area contributed by atoms with E-state index in [0.717, 1.165) is 5.69 Å². The third kappa shape index (κ3) is 1.89. The Bertz CT molecular complexity index is 531. The normalized spacial score (nSPS) is 10.3. The van der Waals surface area contributed by atoms with Gasteiger partial charge in [0.2, 0.25) is 5.13 Å². The molecule has 0 aromatic carbocycles. The molecule has 0 unspecified atom stereocenters. The van der Waals surface area contributed by atoms with Crippen LogP contribution in [0.3, 0.4) is 0 Å². The molecule has 0 aliphatic heterocycles. The average molecular weight is 222 g/mol. The average Bonchev–Trinajstić information content (AvgIpc) is 2.66. The van der Waals surface area contributed by atoms with Gasteiger partial charge in [0.15, 0.2) is 5.01 Å². The Kier molecular flexibility index (Phi) is 2.51. The molecule has 6 heteroatoms. The lowest BCUT2D eigenvalue weighted by Gasteiger charge is -1.95. The van der Waals surface area contributed by atoms with Crippen LogP contribution in [0.4, 0.5) is 5.13 Å². The molecule has 0 bridgehead atoms. The Hall–Kier alpha value is -1.69. The fourth-order valence-electron chi connectivity index (χ4n) is 1.17. The maximum atomic E-state index is 11.6. The van der Waals surface area contributed by atoms with Gasteiger partial charge in [0, 0.05) is 12.7 Å². The number of anilines is 1. The van der Waals surface area contributed by atoms with Gasteiger partial charge in [-0.3, -0.25) is 4.79 Å². The van der Waals surface area contributed by atoms with Gasteiger partial charge in [-0.15, -0.1) is 10.2 Å². The summed E-state index contributed by atoms with van der Waals surface area (Å²) in [5, 5.41) is 12.0. The fraction of sp³-hybridized carbons (Fsp3) is 0.222. The van der Waals surface area contributed by atoms with Gasteiger partial charge in [-0.2, -0.15) is 0 Å². The van der Waals surface area contributed by atoms with E-state index in [4.69, 9.17) is 0 Å². The second kappa shape index (κ2) is 3.82. The predicted molar refractivity (Wildman–Crippen MR) is 60.2 cm³/mol. The maximum Gasteiger partial charge on any atom is 0.258 e. The molecule has 0 aliphatic rings. The molecule has 2 N–H and O–H groups in total. The molecule has 0 saturated carbocycles. The van der Waals surface area contributed by atoms with Gasteiger partial charge in [0.1, 0.15) is 0 Å². The SMILES string of the molecule is CNc1nnc(-c2ccc(C)[nH]c2=O)s1. The van der Waals surface area contributed by atoms with Gasteiger partial charge in [-0.05, 0) is 19.1 Å². The van der Waals surface area contributed by atoms with Crippen molar-refractivity contribution in [3.63, 3.8) is 0 Å². The molecule has 15 heavy (non-hydrogen) atoms. The zero-order valence-corrected chi connectivity index (χ0v) is 9.18. The molecule has 0 fully saturated rings. The fourth-order valence-corrected chi connectivity index (χ4v) is 1.89. The Balaban J connectivity index is 2.49. The van der Waals surface area contributed by atoms with Crippen LogP contribution in [0.2, 0.25) is 0 Å². The smallest absolute Gasteiger partial charge is 0.258 e. The zero-order valence-electron chi connectivity index (χ0n) is 8.37. The molecule has 2 aromatic heterocycles.